The van der Waals surface area contributed by atoms with Gasteiger partial charge >= 0.3 is 5.69 Å². The van der Waals surface area contributed by atoms with Gasteiger partial charge in [-0.2, -0.15) is 0 Å². The minimum atomic E-state index is -0.539. The van der Waals surface area contributed by atoms with Gasteiger partial charge in [0.25, 0.3) is 5.56 Å². The van der Waals surface area contributed by atoms with E-state index in [2.05, 4.69) is 24.1 Å². The number of benzene rings is 1. The average molecular weight is 390 g/mol. The molecule has 1 heterocycles. The van der Waals surface area contributed by atoms with Crippen molar-refractivity contribution in [1.29, 1.82) is 0 Å². The van der Waals surface area contributed by atoms with E-state index in [-0.39, 0.29) is 18.1 Å². The molecule has 0 aliphatic rings. The summed E-state index contributed by atoms with van der Waals surface area (Å²) in [7, 11) is 0. The molecule has 7 nitrogen and oxygen atoms in total. The number of H-pyrrole nitrogens is 1. The number of nitrogens with two attached hydrogens (primary N) is 1. The zero-order valence-corrected chi connectivity index (χ0v) is 16.8. The molecule has 146 valence electrons. The Morgan fingerprint density at radius 2 is 1.96 bits per heavy atom. The summed E-state index contributed by atoms with van der Waals surface area (Å²) in [5.74, 6) is 0.532. The summed E-state index contributed by atoms with van der Waals surface area (Å²) in [6.45, 7) is 7.54. The van der Waals surface area contributed by atoms with Crippen molar-refractivity contribution >= 4 is 28.8 Å². The Balaban J connectivity index is 2.52. The van der Waals surface area contributed by atoms with E-state index in [9.17, 15) is 9.59 Å². The molecular formula is C19H27N5O2S. The van der Waals surface area contributed by atoms with Crippen LogP contribution in [-0.4, -0.2) is 27.8 Å². The topological polar surface area (TPSA) is 96.2 Å². The van der Waals surface area contributed by atoms with Gasteiger partial charge in [-0.25, -0.2) is 4.79 Å². The summed E-state index contributed by atoms with van der Waals surface area (Å²) in [5, 5.41) is 3.48. The summed E-state index contributed by atoms with van der Waals surface area (Å²) in [4.78, 5) is 29.0. The molecule has 0 atom stereocenters. The largest absolute Gasteiger partial charge is 0.383 e. The Kier molecular flexibility index (Phi) is 7.18. The lowest BCUT2D eigenvalue weighted by atomic mass is 10.1. The molecule has 0 amide bonds. The van der Waals surface area contributed by atoms with Gasteiger partial charge in [0.2, 0.25) is 0 Å². The maximum absolute atomic E-state index is 12.6. The van der Waals surface area contributed by atoms with Crippen LogP contribution in [0.2, 0.25) is 0 Å². The van der Waals surface area contributed by atoms with Crippen molar-refractivity contribution in [3.05, 3.63) is 56.7 Å². The van der Waals surface area contributed by atoms with Crippen LogP contribution in [0, 0.1) is 5.92 Å². The molecule has 1 aromatic carbocycles. The maximum atomic E-state index is 12.6. The molecule has 0 aliphatic heterocycles. The molecule has 0 spiro atoms. The lowest BCUT2D eigenvalue weighted by Gasteiger charge is -2.27. The van der Waals surface area contributed by atoms with Gasteiger partial charge in [0.05, 0.1) is 6.54 Å². The summed E-state index contributed by atoms with van der Waals surface area (Å²) in [6, 6.07) is 9.47. The predicted octanol–water partition coefficient (Wildman–Crippen LogP) is 1.91. The fourth-order valence-electron chi connectivity index (χ4n) is 2.71. The quantitative estimate of drug-likeness (QED) is 0.626. The summed E-state index contributed by atoms with van der Waals surface area (Å²) >= 11 is 5.45. The van der Waals surface area contributed by atoms with Gasteiger partial charge < -0.3 is 16.0 Å². The van der Waals surface area contributed by atoms with Crippen molar-refractivity contribution in [1.82, 2.24) is 14.9 Å². The minimum Gasteiger partial charge on any atom is -0.383 e. The molecule has 0 fully saturated rings. The van der Waals surface area contributed by atoms with E-state index in [0.717, 1.165) is 12.0 Å². The van der Waals surface area contributed by atoms with Crippen molar-refractivity contribution in [2.45, 2.75) is 33.7 Å². The first-order chi connectivity index (χ1) is 12.8. The first-order valence-electron chi connectivity index (χ1n) is 9.07. The summed E-state index contributed by atoms with van der Waals surface area (Å²) < 4.78 is 1.36. The minimum absolute atomic E-state index is 0.108. The van der Waals surface area contributed by atoms with Crippen molar-refractivity contribution in [3.63, 3.8) is 0 Å². The van der Waals surface area contributed by atoms with Crippen LogP contribution in [0.1, 0.15) is 32.8 Å². The normalized spacial score (nSPS) is 10.8. The molecule has 0 radical (unpaired) electrons. The number of anilines is 2. The second kappa shape index (κ2) is 9.36. The van der Waals surface area contributed by atoms with Gasteiger partial charge in [0.15, 0.2) is 10.8 Å². The molecule has 27 heavy (non-hydrogen) atoms. The second-order valence-electron chi connectivity index (χ2n) is 6.73. The van der Waals surface area contributed by atoms with Crippen LogP contribution in [0.3, 0.4) is 0 Å². The number of aromatic nitrogens is 2. The lowest BCUT2D eigenvalue weighted by molar-refractivity contribution is 0.591. The highest BCUT2D eigenvalue weighted by molar-refractivity contribution is 7.80. The average Bonchev–Trinajstić information content (AvgIpc) is 2.62. The number of rotatable bonds is 7. The SMILES string of the molecule is CCNC(=S)N(CCC(C)C)c1c(N)n(Cc2ccccc2)c(=O)[nH]c1=O. The molecule has 8 heteroatoms. The van der Waals surface area contributed by atoms with E-state index in [0.29, 0.717) is 24.1 Å². The Labute approximate surface area is 164 Å². The Morgan fingerprint density at radius 3 is 2.56 bits per heavy atom. The number of aromatic amines is 1. The van der Waals surface area contributed by atoms with E-state index in [4.69, 9.17) is 18.0 Å². The molecule has 0 saturated heterocycles. The van der Waals surface area contributed by atoms with E-state index < -0.39 is 11.2 Å². The molecular weight excluding hydrogens is 362 g/mol. The third-order valence-corrected chi connectivity index (χ3v) is 4.54. The number of nitrogens with one attached hydrogen (secondary N) is 2. The Bertz CT molecular complexity index is 889. The lowest BCUT2D eigenvalue weighted by Crippen LogP contribution is -2.46. The summed E-state index contributed by atoms with van der Waals surface area (Å²) in [6.07, 6.45) is 0.822. The smallest absolute Gasteiger partial charge is 0.330 e. The highest BCUT2D eigenvalue weighted by Gasteiger charge is 2.22. The van der Waals surface area contributed by atoms with Gasteiger partial charge in [-0.1, -0.05) is 44.2 Å². The van der Waals surface area contributed by atoms with Crippen LogP contribution in [0.4, 0.5) is 11.5 Å². The van der Waals surface area contributed by atoms with Crippen molar-refractivity contribution in [2.75, 3.05) is 23.7 Å². The zero-order chi connectivity index (χ0) is 20.0. The number of thiocarbonyl (C=S) groups is 1. The van der Waals surface area contributed by atoms with Crippen molar-refractivity contribution in [3.8, 4) is 0 Å². The molecule has 2 rings (SSSR count). The monoisotopic (exact) mass is 389 g/mol. The van der Waals surface area contributed by atoms with E-state index in [1.165, 1.54) is 4.57 Å². The first kappa shape index (κ1) is 20.7. The molecule has 1 aromatic heterocycles. The fourth-order valence-corrected chi connectivity index (χ4v) is 3.04. The number of hydrogen-bond donors (Lipinski definition) is 3. The molecule has 0 bridgehead atoms. The van der Waals surface area contributed by atoms with Crippen LogP contribution in [0.25, 0.3) is 0 Å². The van der Waals surface area contributed by atoms with Gasteiger partial charge in [-0.15, -0.1) is 0 Å². The molecule has 4 N–H and O–H groups in total. The molecule has 0 aliphatic carbocycles. The van der Waals surface area contributed by atoms with Gasteiger partial charge in [-0.3, -0.25) is 14.3 Å². The van der Waals surface area contributed by atoms with Gasteiger partial charge in [-0.05, 0) is 37.0 Å². The molecule has 2 aromatic rings. The van der Waals surface area contributed by atoms with Gasteiger partial charge in [0.1, 0.15) is 5.82 Å². The highest BCUT2D eigenvalue weighted by Crippen LogP contribution is 2.19. The van der Waals surface area contributed by atoms with Crippen LogP contribution < -0.4 is 27.2 Å². The van der Waals surface area contributed by atoms with E-state index >= 15 is 0 Å². The Morgan fingerprint density at radius 1 is 1.30 bits per heavy atom. The number of nitrogen functional groups attached to an aromatic ring is 1. The van der Waals surface area contributed by atoms with Crippen LogP contribution in [-0.2, 0) is 6.54 Å². The van der Waals surface area contributed by atoms with Crippen LogP contribution in [0.5, 0.6) is 0 Å². The third-order valence-electron chi connectivity index (χ3n) is 4.17. The fraction of sp³-hybridized carbons (Fsp3) is 0.421. The van der Waals surface area contributed by atoms with E-state index in [1.54, 1.807) is 4.90 Å². The number of hydrogen-bond acceptors (Lipinski definition) is 4. The van der Waals surface area contributed by atoms with Gasteiger partial charge in [0, 0.05) is 13.1 Å². The third kappa shape index (κ3) is 5.19. The molecule has 0 unspecified atom stereocenters. The van der Waals surface area contributed by atoms with Crippen LogP contribution in [0.15, 0.2) is 39.9 Å². The highest BCUT2D eigenvalue weighted by atomic mass is 32.1. The molecule has 0 saturated carbocycles. The summed E-state index contributed by atoms with van der Waals surface area (Å²) in [5.41, 5.74) is 6.33. The van der Waals surface area contributed by atoms with E-state index in [1.807, 2.05) is 37.3 Å². The predicted molar refractivity (Wildman–Crippen MR) is 114 cm³/mol. The van der Waals surface area contributed by atoms with Crippen molar-refractivity contribution in [2.24, 2.45) is 5.92 Å². The first-order valence-corrected chi connectivity index (χ1v) is 9.47. The maximum Gasteiger partial charge on any atom is 0.330 e. The second-order valence-corrected chi connectivity index (χ2v) is 7.12. The zero-order valence-electron chi connectivity index (χ0n) is 16.0. The van der Waals surface area contributed by atoms with Crippen LogP contribution >= 0.6 is 12.2 Å². The number of nitrogens with zero attached hydrogens (tertiary/aromatic N) is 2. The standard InChI is InChI=1S/C19H27N5O2S/c1-4-21-19(27)23(11-10-13(2)3)15-16(20)24(18(26)22-17(15)25)12-14-8-6-5-7-9-14/h5-9,13H,4,10-12,20H2,1-3H3,(H,21,27)(H,22,25,26). The van der Waals surface area contributed by atoms with Crippen molar-refractivity contribution < 1.29 is 0 Å². The Hall–Kier alpha value is -2.61.